The molecule has 1 N–H and O–H groups in total. The van der Waals surface area contributed by atoms with Crippen molar-refractivity contribution in [3.05, 3.63) is 35.7 Å². The minimum atomic E-state index is -4.49. The van der Waals surface area contributed by atoms with Crippen LogP contribution in [0.15, 0.2) is 24.5 Å². The number of fused-ring (bicyclic) bond motifs is 1. The Hall–Kier alpha value is -2.75. The number of aromatic nitrogens is 3. The van der Waals surface area contributed by atoms with Gasteiger partial charge in [0.15, 0.2) is 5.82 Å². The number of nitrogens with zero attached hydrogens (tertiary/aromatic N) is 4. The molecule has 2 saturated heterocycles. The van der Waals surface area contributed by atoms with Crippen molar-refractivity contribution in [1.82, 2.24) is 20.1 Å². The normalized spacial score (nSPS) is 26.8. The number of amides is 1. The van der Waals surface area contributed by atoms with Gasteiger partial charge in [0.25, 0.3) is 0 Å². The van der Waals surface area contributed by atoms with Crippen LogP contribution < -0.4 is 5.32 Å². The summed E-state index contributed by atoms with van der Waals surface area (Å²) < 4.78 is 46.0. The van der Waals surface area contributed by atoms with Gasteiger partial charge in [-0.2, -0.15) is 13.2 Å². The highest BCUT2D eigenvalue weighted by Gasteiger charge is 2.44. The molecule has 4 aliphatic rings. The highest BCUT2D eigenvalue weighted by atomic mass is 19.4. The number of anilines is 1. The average Bonchev–Trinajstić information content (AvgIpc) is 3.55. The first kappa shape index (κ1) is 23.6. The minimum absolute atomic E-state index is 0.0457. The quantitative estimate of drug-likeness (QED) is 0.650. The van der Waals surface area contributed by atoms with Crippen LogP contribution in [0.5, 0.6) is 0 Å². The van der Waals surface area contributed by atoms with Crippen molar-refractivity contribution >= 4 is 11.7 Å². The van der Waals surface area contributed by atoms with E-state index >= 15 is 0 Å². The second-order valence-electron chi connectivity index (χ2n) is 10.7. The van der Waals surface area contributed by atoms with Gasteiger partial charge in [0.2, 0.25) is 5.91 Å². The van der Waals surface area contributed by atoms with E-state index in [0.717, 1.165) is 69.4 Å². The summed E-state index contributed by atoms with van der Waals surface area (Å²) in [5.41, 5.74) is 0.340. The van der Waals surface area contributed by atoms with Gasteiger partial charge in [0.1, 0.15) is 0 Å². The molecule has 2 aliphatic heterocycles. The lowest BCUT2D eigenvalue weighted by Crippen LogP contribution is -2.38. The molecule has 2 aliphatic carbocycles. The third-order valence-electron chi connectivity index (χ3n) is 8.22. The zero-order valence-electron chi connectivity index (χ0n) is 20.0. The SMILES string of the molecule is O=C(C1CCOCC1)N1CC2C[C@@H](Nc3nnc(-c4cnccc4C(F)(F)F)cc3C3CC3)C[C@@H]2C1. The molecule has 1 unspecified atom stereocenters. The fourth-order valence-corrected chi connectivity index (χ4v) is 6.20. The Kier molecular flexibility index (Phi) is 6.09. The molecule has 4 heterocycles. The number of carbonyl (C=O) groups excluding carboxylic acids is 1. The molecule has 2 saturated carbocycles. The van der Waals surface area contributed by atoms with Gasteiger partial charge in [0, 0.05) is 61.8 Å². The Balaban J connectivity index is 1.14. The summed E-state index contributed by atoms with van der Waals surface area (Å²) in [5.74, 6) is 2.28. The van der Waals surface area contributed by atoms with E-state index in [4.69, 9.17) is 4.74 Å². The number of hydrogen-bond donors (Lipinski definition) is 1. The Bertz CT molecular complexity index is 1120. The molecule has 10 heteroatoms. The Labute approximate surface area is 207 Å². The fraction of sp³-hybridized carbons (Fsp3) is 0.615. The van der Waals surface area contributed by atoms with Gasteiger partial charge in [-0.05, 0) is 68.4 Å². The molecular weight excluding hydrogens is 471 g/mol. The second kappa shape index (κ2) is 9.28. The zero-order valence-corrected chi connectivity index (χ0v) is 20.0. The summed E-state index contributed by atoms with van der Waals surface area (Å²) in [7, 11) is 0. The number of alkyl halides is 3. The van der Waals surface area contributed by atoms with E-state index in [1.165, 1.54) is 6.20 Å². The lowest BCUT2D eigenvalue weighted by atomic mass is 9.98. The van der Waals surface area contributed by atoms with Crippen molar-refractivity contribution in [1.29, 1.82) is 0 Å². The number of likely N-dealkylation sites (tertiary alicyclic amines) is 1. The summed E-state index contributed by atoms with van der Waals surface area (Å²) in [4.78, 5) is 18.9. The van der Waals surface area contributed by atoms with Crippen LogP contribution in [0.4, 0.5) is 19.0 Å². The van der Waals surface area contributed by atoms with Crippen LogP contribution in [0, 0.1) is 17.8 Å². The number of ether oxygens (including phenoxy) is 1. The van der Waals surface area contributed by atoms with E-state index in [9.17, 15) is 18.0 Å². The molecule has 4 fully saturated rings. The third kappa shape index (κ3) is 4.67. The topological polar surface area (TPSA) is 80.2 Å². The van der Waals surface area contributed by atoms with Crippen molar-refractivity contribution in [3.63, 3.8) is 0 Å². The smallest absolute Gasteiger partial charge is 0.381 e. The molecule has 0 aromatic carbocycles. The number of nitrogens with one attached hydrogen (secondary N) is 1. The Morgan fingerprint density at radius 3 is 2.44 bits per heavy atom. The molecule has 192 valence electrons. The van der Waals surface area contributed by atoms with Crippen molar-refractivity contribution in [2.75, 3.05) is 31.6 Å². The average molecular weight is 502 g/mol. The van der Waals surface area contributed by atoms with Crippen LogP contribution in [0.1, 0.15) is 55.6 Å². The number of pyridine rings is 1. The predicted molar refractivity (Wildman–Crippen MR) is 126 cm³/mol. The van der Waals surface area contributed by atoms with Crippen LogP contribution in [-0.4, -0.2) is 58.3 Å². The molecule has 7 nitrogen and oxygen atoms in total. The van der Waals surface area contributed by atoms with Gasteiger partial charge >= 0.3 is 6.18 Å². The summed E-state index contributed by atoms with van der Waals surface area (Å²) in [6.45, 7) is 2.95. The molecule has 2 aromatic rings. The maximum atomic E-state index is 13.5. The molecule has 0 bridgehead atoms. The van der Waals surface area contributed by atoms with Crippen molar-refractivity contribution < 1.29 is 22.7 Å². The number of carbonyl (C=O) groups is 1. The van der Waals surface area contributed by atoms with Gasteiger partial charge in [-0.25, -0.2) is 0 Å². The summed E-state index contributed by atoms with van der Waals surface area (Å²) in [5, 5.41) is 12.1. The standard InChI is InChI=1S/C26H30F3N5O2/c27-26(28,29)22-3-6-30-12-21(22)23-11-20(15-1-2-15)24(33-32-23)31-19-9-17-13-34(14-18(17)10-19)25(35)16-4-7-36-8-5-16/h3,6,11-12,15-19H,1-2,4-5,7-10,13-14H2,(H,31,33)/t17-,18?,19+/m1/s1. The maximum Gasteiger partial charge on any atom is 0.417 e. The van der Waals surface area contributed by atoms with Crippen molar-refractivity contribution in [2.45, 2.75) is 56.7 Å². The Morgan fingerprint density at radius 2 is 1.78 bits per heavy atom. The van der Waals surface area contributed by atoms with Crippen LogP contribution in [0.2, 0.25) is 0 Å². The first-order valence-electron chi connectivity index (χ1n) is 12.9. The molecule has 0 spiro atoms. The van der Waals surface area contributed by atoms with Crippen LogP contribution in [0.25, 0.3) is 11.3 Å². The van der Waals surface area contributed by atoms with Crippen molar-refractivity contribution in [3.8, 4) is 11.3 Å². The molecule has 36 heavy (non-hydrogen) atoms. The summed E-state index contributed by atoms with van der Waals surface area (Å²) in [6, 6.07) is 2.96. The maximum absolute atomic E-state index is 13.5. The molecular formula is C26H30F3N5O2. The van der Waals surface area contributed by atoms with E-state index < -0.39 is 11.7 Å². The number of hydrogen-bond acceptors (Lipinski definition) is 6. The summed E-state index contributed by atoms with van der Waals surface area (Å²) in [6.07, 6.45) is 3.41. The summed E-state index contributed by atoms with van der Waals surface area (Å²) >= 11 is 0. The monoisotopic (exact) mass is 501 g/mol. The van der Waals surface area contributed by atoms with Crippen LogP contribution >= 0.6 is 0 Å². The van der Waals surface area contributed by atoms with Gasteiger partial charge in [0.05, 0.1) is 11.3 Å². The van der Waals surface area contributed by atoms with Gasteiger partial charge < -0.3 is 15.0 Å². The molecule has 3 atom stereocenters. The predicted octanol–water partition coefficient (Wildman–Crippen LogP) is 4.51. The Morgan fingerprint density at radius 1 is 1.06 bits per heavy atom. The van der Waals surface area contributed by atoms with Crippen molar-refractivity contribution in [2.24, 2.45) is 17.8 Å². The first-order chi connectivity index (χ1) is 17.4. The van der Waals surface area contributed by atoms with Gasteiger partial charge in [-0.15, -0.1) is 10.2 Å². The van der Waals surface area contributed by atoms with E-state index in [-0.39, 0.29) is 29.1 Å². The number of halogens is 3. The van der Waals surface area contributed by atoms with E-state index in [1.807, 2.05) is 0 Å². The lowest BCUT2D eigenvalue weighted by Gasteiger charge is -2.27. The van der Waals surface area contributed by atoms with E-state index in [2.05, 4.69) is 25.4 Å². The van der Waals surface area contributed by atoms with Crippen LogP contribution in [-0.2, 0) is 15.7 Å². The second-order valence-corrected chi connectivity index (χ2v) is 10.7. The molecule has 2 aromatic heterocycles. The van der Waals surface area contributed by atoms with E-state index in [1.54, 1.807) is 6.07 Å². The first-order valence-corrected chi connectivity index (χ1v) is 12.9. The fourth-order valence-electron chi connectivity index (χ4n) is 6.20. The highest BCUT2D eigenvalue weighted by Crippen LogP contribution is 2.46. The molecule has 1 amide bonds. The molecule has 6 rings (SSSR count). The molecule has 0 radical (unpaired) electrons. The third-order valence-corrected chi connectivity index (χ3v) is 8.22. The van der Waals surface area contributed by atoms with Crippen LogP contribution in [0.3, 0.4) is 0 Å². The largest absolute Gasteiger partial charge is 0.417 e. The zero-order chi connectivity index (χ0) is 24.9. The highest BCUT2D eigenvalue weighted by molar-refractivity contribution is 5.79. The number of rotatable bonds is 5. The lowest BCUT2D eigenvalue weighted by molar-refractivity contribution is -0.138. The van der Waals surface area contributed by atoms with E-state index in [0.29, 0.717) is 36.8 Å². The van der Waals surface area contributed by atoms with Gasteiger partial charge in [-0.1, -0.05) is 0 Å². The minimum Gasteiger partial charge on any atom is -0.381 e. The van der Waals surface area contributed by atoms with Gasteiger partial charge in [-0.3, -0.25) is 9.78 Å².